The van der Waals surface area contributed by atoms with Crippen LogP contribution < -0.4 is 11.1 Å². The van der Waals surface area contributed by atoms with Crippen molar-refractivity contribution in [1.29, 1.82) is 5.26 Å². The maximum Gasteiger partial charge on any atom is 0.240 e. The van der Waals surface area contributed by atoms with Gasteiger partial charge in [0, 0.05) is 6.04 Å². The zero-order chi connectivity index (χ0) is 13.2. The zero-order valence-corrected chi connectivity index (χ0v) is 11.1. The number of nitrogens with two attached hydrogens (primary N) is 1. The molecule has 4 heteroatoms. The van der Waals surface area contributed by atoms with E-state index in [0.29, 0.717) is 5.92 Å². The minimum Gasteiger partial charge on any atom is -0.350 e. The Morgan fingerprint density at radius 2 is 2.17 bits per heavy atom. The molecule has 4 nitrogen and oxygen atoms in total. The first kappa shape index (κ1) is 13.4. The molecule has 0 radical (unpaired) electrons. The monoisotopic (exact) mass is 249 g/mol. The van der Waals surface area contributed by atoms with E-state index in [-0.39, 0.29) is 17.9 Å². The Hall–Kier alpha value is -1.08. The van der Waals surface area contributed by atoms with Crippen molar-refractivity contribution >= 4 is 5.91 Å². The van der Waals surface area contributed by atoms with E-state index in [2.05, 4.69) is 18.3 Å². The summed E-state index contributed by atoms with van der Waals surface area (Å²) in [5.41, 5.74) is 5.55. The Balaban J connectivity index is 1.97. The molecule has 2 aliphatic rings. The average molecular weight is 249 g/mol. The lowest BCUT2D eigenvalue weighted by molar-refractivity contribution is -0.128. The van der Waals surface area contributed by atoms with Crippen LogP contribution in [0.5, 0.6) is 0 Å². The Labute approximate surface area is 109 Å². The molecule has 0 aromatic heterocycles. The van der Waals surface area contributed by atoms with Gasteiger partial charge in [0.25, 0.3) is 0 Å². The van der Waals surface area contributed by atoms with Gasteiger partial charge in [-0.05, 0) is 38.0 Å². The van der Waals surface area contributed by atoms with Crippen molar-refractivity contribution in [3.8, 4) is 6.07 Å². The van der Waals surface area contributed by atoms with Crippen LogP contribution in [0, 0.1) is 23.2 Å². The van der Waals surface area contributed by atoms with Crippen LogP contribution >= 0.6 is 0 Å². The SMILES string of the molecule is CC1CCCC(N)(C(=O)NC2CCCC2C#N)C1. The van der Waals surface area contributed by atoms with Crippen LogP contribution in [-0.4, -0.2) is 17.5 Å². The van der Waals surface area contributed by atoms with Crippen molar-refractivity contribution in [2.24, 2.45) is 17.6 Å². The van der Waals surface area contributed by atoms with Crippen LogP contribution in [0.4, 0.5) is 0 Å². The Kier molecular flexibility index (Phi) is 3.91. The summed E-state index contributed by atoms with van der Waals surface area (Å²) in [4.78, 5) is 12.3. The Morgan fingerprint density at radius 1 is 1.39 bits per heavy atom. The van der Waals surface area contributed by atoms with E-state index in [1.807, 2.05) is 0 Å². The summed E-state index contributed by atoms with van der Waals surface area (Å²) in [6, 6.07) is 2.30. The van der Waals surface area contributed by atoms with Crippen molar-refractivity contribution in [3.63, 3.8) is 0 Å². The third-order valence-corrected chi connectivity index (χ3v) is 4.48. The van der Waals surface area contributed by atoms with Gasteiger partial charge >= 0.3 is 0 Å². The summed E-state index contributed by atoms with van der Waals surface area (Å²) >= 11 is 0. The molecule has 4 atom stereocenters. The number of rotatable bonds is 2. The van der Waals surface area contributed by atoms with Crippen LogP contribution in [0.25, 0.3) is 0 Å². The maximum absolute atomic E-state index is 12.3. The fourth-order valence-electron chi connectivity index (χ4n) is 3.40. The van der Waals surface area contributed by atoms with E-state index in [9.17, 15) is 4.79 Å². The molecule has 0 spiro atoms. The minimum absolute atomic E-state index is 0.0140. The smallest absolute Gasteiger partial charge is 0.240 e. The van der Waals surface area contributed by atoms with Crippen molar-refractivity contribution in [2.75, 3.05) is 0 Å². The molecule has 2 saturated carbocycles. The van der Waals surface area contributed by atoms with Gasteiger partial charge < -0.3 is 11.1 Å². The Bertz CT molecular complexity index is 363. The molecular formula is C14H23N3O. The van der Waals surface area contributed by atoms with Gasteiger partial charge in [-0.15, -0.1) is 0 Å². The highest BCUT2D eigenvalue weighted by molar-refractivity contribution is 5.86. The normalized spacial score (nSPS) is 40.2. The van der Waals surface area contributed by atoms with E-state index >= 15 is 0 Å². The maximum atomic E-state index is 12.3. The summed E-state index contributed by atoms with van der Waals surface area (Å²) in [6.07, 6.45) is 6.56. The number of hydrogen-bond donors (Lipinski definition) is 2. The van der Waals surface area contributed by atoms with E-state index in [0.717, 1.165) is 44.9 Å². The van der Waals surface area contributed by atoms with Gasteiger partial charge in [0.15, 0.2) is 0 Å². The highest BCUT2D eigenvalue weighted by Gasteiger charge is 2.40. The molecule has 1 amide bonds. The van der Waals surface area contributed by atoms with Crippen molar-refractivity contribution in [1.82, 2.24) is 5.32 Å². The van der Waals surface area contributed by atoms with Crippen LogP contribution in [0.1, 0.15) is 51.9 Å². The number of amides is 1. The van der Waals surface area contributed by atoms with Crippen molar-refractivity contribution in [2.45, 2.75) is 63.5 Å². The van der Waals surface area contributed by atoms with Crippen molar-refractivity contribution in [3.05, 3.63) is 0 Å². The molecule has 0 aromatic rings. The summed E-state index contributed by atoms with van der Waals surface area (Å²) in [7, 11) is 0. The fourth-order valence-corrected chi connectivity index (χ4v) is 3.40. The van der Waals surface area contributed by atoms with Gasteiger partial charge in [0.1, 0.15) is 0 Å². The fraction of sp³-hybridized carbons (Fsp3) is 0.857. The summed E-state index contributed by atoms with van der Waals surface area (Å²) < 4.78 is 0. The quantitative estimate of drug-likeness (QED) is 0.781. The van der Waals surface area contributed by atoms with Gasteiger partial charge in [-0.1, -0.05) is 19.8 Å². The zero-order valence-electron chi connectivity index (χ0n) is 11.1. The molecular weight excluding hydrogens is 226 g/mol. The molecule has 2 aliphatic carbocycles. The van der Waals surface area contributed by atoms with E-state index in [1.165, 1.54) is 0 Å². The molecule has 100 valence electrons. The second-order valence-electron chi connectivity index (χ2n) is 6.10. The number of nitrogens with one attached hydrogen (secondary N) is 1. The van der Waals surface area contributed by atoms with E-state index in [1.54, 1.807) is 0 Å². The first-order valence-corrected chi connectivity index (χ1v) is 7.04. The largest absolute Gasteiger partial charge is 0.350 e. The van der Waals surface area contributed by atoms with Gasteiger partial charge in [-0.25, -0.2) is 0 Å². The molecule has 0 heterocycles. The molecule has 0 bridgehead atoms. The second kappa shape index (κ2) is 5.27. The van der Waals surface area contributed by atoms with Gasteiger partial charge in [-0.3, -0.25) is 4.79 Å². The predicted molar refractivity (Wildman–Crippen MR) is 69.4 cm³/mol. The highest BCUT2D eigenvalue weighted by Crippen LogP contribution is 2.32. The first-order valence-electron chi connectivity index (χ1n) is 7.04. The number of nitrogens with zero attached hydrogens (tertiary/aromatic N) is 1. The molecule has 0 saturated heterocycles. The van der Waals surface area contributed by atoms with E-state index in [4.69, 9.17) is 11.0 Å². The molecule has 0 aromatic carbocycles. The number of carbonyl (C=O) groups is 1. The summed E-state index contributed by atoms with van der Waals surface area (Å²) in [6.45, 7) is 2.15. The molecule has 3 N–H and O–H groups in total. The number of nitriles is 1. The van der Waals surface area contributed by atoms with Crippen LogP contribution in [-0.2, 0) is 4.79 Å². The third-order valence-electron chi connectivity index (χ3n) is 4.48. The van der Waals surface area contributed by atoms with Crippen LogP contribution in [0.15, 0.2) is 0 Å². The number of carbonyl (C=O) groups excluding carboxylic acids is 1. The topological polar surface area (TPSA) is 78.9 Å². The lowest BCUT2D eigenvalue weighted by Crippen LogP contribution is -2.58. The average Bonchev–Trinajstić information content (AvgIpc) is 2.76. The van der Waals surface area contributed by atoms with Crippen LogP contribution in [0.3, 0.4) is 0 Å². The minimum atomic E-state index is -0.708. The first-order chi connectivity index (χ1) is 8.55. The van der Waals surface area contributed by atoms with E-state index < -0.39 is 5.54 Å². The molecule has 18 heavy (non-hydrogen) atoms. The molecule has 0 aliphatic heterocycles. The van der Waals surface area contributed by atoms with Crippen LogP contribution in [0.2, 0.25) is 0 Å². The second-order valence-corrected chi connectivity index (χ2v) is 6.10. The summed E-state index contributed by atoms with van der Waals surface area (Å²) in [5.74, 6) is 0.449. The lowest BCUT2D eigenvalue weighted by Gasteiger charge is -2.36. The summed E-state index contributed by atoms with van der Waals surface area (Å²) in [5, 5.41) is 12.1. The van der Waals surface area contributed by atoms with Gasteiger partial charge in [-0.2, -0.15) is 5.26 Å². The Morgan fingerprint density at radius 3 is 2.83 bits per heavy atom. The lowest BCUT2D eigenvalue weighted by atomic mass is 9.76. The molecule has 2 rings (SSSR count). The highest BCUT2D eigenvalue weighted by atomic mass is 16.2. The molecule has 4 unspecified atom stereocenters. The third kappa shape index (κ3) is 2.67. The standard InChI is InChI=1S/C14H23N3O/c1-10-4-3-7-14(16,8-10)13(18)17-12-6-2-5-11(12)9-15/h10-12H,2-8,16H2,1H3,(H,17,18). The predicted octanol–water partition coefficient (Wildman–Crippen LogP) is 1.70. The van der Waals surface area contributed by atoms with Gasteiger partial charge in [0.05, 0.1) is 17.5 Å². The number of hydrogen-bond acceptors (Lipinski definition) is 3. The molecule has 2 fully saturated rings. The van der Waals surface area contributed by atoms with Gasteiger partial charge in [0.2, 0.25) is 5.91 Å². The van der Waals surface area contributed by atoms with Crippen molar-refractivity contribution < 1.29 is 4.79 Å².